The number of carbonyl (C=O) groups excluding carboxylic acids is 1. The molecule has 2 N–H and O–H groups in total. The average Bonchev–Trinajstić information content (AvgIpc) is 2.53. The molecule has 5 nitrogen and oxygen atoms in total. The normalized spacial score (nSPS) is 22.8. The minimum atomic E-state index is -1.51. The molecule has 120 valence electrons. The third-order valence-corrected chi connectivity index (χ3v) is 3.83. The number of carboxylic acid groups (broad SMARTS) is 1. The number of hydrogen-bond acceptors (Lipinski definition) is 3. The Morgan fingerprint density at radius 2 is 2.09 bits per heavy atom. The van der Waals surface area contributed by atoms with Gasteiger partial charge in [-0.2, -0.15) is 0 Å². The van der Waals surface area contributed by atoms with E-state index in [4.69, 9.17) is 9.84 Å². The van der Waals surface area contributed by atoms with Gasteiger partial charge in [0.25, 0.3) is 0 Å². The van der Waals surface area contributed by atoms with Gasteiger partial charge in [-0.3, -0.25) is 4.79 Å². The molecule has 1 heterocycles. The maximum Gasteiger partial charge on any atom is 0.328 e. The number of rotatable bonds is 5. The van der Waals surface area contributed by atoms with Crippen LogP contribution in [0.25, 0.3) is 0 Å². The van der Waals surface area contributed by atoms with E-state index in [0.717, 1.165) is 11.1 Å². The highest BCUT2D eigenvalue weighted by Crippen LogP contribution is 2.34. The fourth-order valence-corrected chi connectivity index (χ4v) is 2.58. The molecular weight excluding hydrogens is 289 g/mol. The van der Waals surface area contributed by atoms with Crippen molar-refractivity contribution >= 4 is 11.9 Å². The molecule has 0 aliphatic carbocycles. The van der Waals surface area contributed by atoms with Gasteiger partial charge in [-0.05, 0) is 25.3 Å². The maximum absolute atomic E-state index is 12.7. The summed E-state index contributed by atoms with van der Waals surface area (Å²) >= 11 is 0. The second-order valence-electron chi connectivity index (χ2n) is 5.50. The zero-order valence-corrected chi connectivity index (χ0v) is 12.4. The van der Waals surface area contributed by atoms with E-state index in [-0.39, 0.29) is 0 Å². The van der Waals surface area contributed by atoms with Crippen LogP contribution in [0.2, 0.25) is 0 Å². The van der Waals surface area contributed by atoms with Crippen LogP contribution in [0, 0.1) is 12.8 Å². The summed E-state index contributed by atoms with van der Waals surface area (Å²) in [6, 6.07) is 6.16. The van der Waals surface area contributed by atoms with Crippen LogP contribution in [0.3, 0.4) is 0 Å². The number of aliphatic carboxylic acids is 1. The summed E-state index contributed by atoms with van der Waals surface area (Å²) in [6.07, 6.45) is 0.875. The smallest absolute Gasteiger partial charge is 0.328 e. The number of carbonyl (C=O) groups is 2. The van der Waals surface area contributed by atoms with Gasteiger partial charge in [-0.25, -0.2) is 9.18 Å². The van der Waals surface area contributed by atoms with Gasteiger partial charge in [0.15, 0.2) is 6.04 Å². The van der Waals surface area contributed by atoms with E-state index in [1.165, 1.54) is 0 Å². The van der Waals surface area contributed by atoms with E-state index in [0.29, 0.717) is 19.4 Å². The summed E-state index contributed by atoms with van der Waals surface area (Å²) in [5.41, 5.74) is 1.97. The Balaban J connectivity index is 2.13. The second kappa shape index (κ2) is 7.35. The number of hydrogen-bond donors (Lipinski definition) is 2. The van der Waals surface area contributed by atoms with Gasteiger partial charge in [0.2, 0.25) is 5.91 Å². The Morgan fingerprint density at radius 3 is 2.68 bits per heavy atom. The van der Waals surface area contributed by atoms with Gasteiger partial charge in [0.05, 0.1) is 12.0 Å². The topological polar surface area (TPSA) is 75.6 Å². The first kappa shape index (κ1) is 16.4. The Bertz CT molecular complexity index is 531. The zero-order valence-electron chi connectivity index (χ0n) is 12.4. The van der Waals surface area contributed by atoms with E-state index in [1.54, 1.807) is 0 Å². The summed E-state index contributed by atoms with van der Waals surface area (Å²) in [4.78, 5) is 23.2. The third-order valence-electron chi connectivity index (χ3n) is 3.83. The van der Waals surface area contributed by atoms with E-state index in [2.05, 4.69) is 5.32 Å². The fourth-order valence-electron chi connectivity index (χ4n) is 2.58. The van der Waals surface area contributed by atoms with Crippen LogP contribution < -0.4 is 5.32 Å². The van der Waals surface area contributed by atoms with Crippen molar-refractivity contribution < 1.29 is 23.8 Å². The maximum atomic E-state index is 12.7. The van der Waals surface area contributed by atoms with Gasteiger partial charge in [-0.15, -0.1) is 0 Å². The van der Waals surface area contributed by atoms with Crippen LogP contribution in [0.4, 0.5) is 4.39 Å². The van der Waals surface area contributed by atoms with Crippen molar-refractivity contribution in [3.63, 3.8) is 0 Å². The highest BCUT2D eigenvalue weighted by Gasteiger charge is 2.35. The molecule has 1 aliphatic rings. The molecule has 2 rings (SSSR count). The number of ether oxygens (including phenoxy) is 1. The lowest BCUT2D eigenvalue weighted by Gasteiger charge is -2.31. The molecule has 3 unspecified atom stereocenters. The van der Waals surface area contributed by atoms with E-state index >= 15 is 0 Å². The van der Waals surface area contributed by atoms with Crippen LogP contribution in [-0.2, 0) is 14.3 Å². The van der Waals surface area contributed by atoms with Crippen molar-refractivity contribution in [1.29, 1.82) is 0 Å². The summed E-state index contributed by atoms with van der Waals surface area (Å²) in [5, 5.41) is 11.1. The Labute approximate surface area is 128 Å². The minimum absolute atomic E-state index is 0.427. The highest BCUT2D eigenvalue weighted by atomic mass is 19.1. The molecule has 1 saturated heterocycles. The summed E-state index contributed by atoms with van der Waals surface area (Å²) in [7, 11) is 0. The molecule has 0 saturated carbocycles. The molecule has 3 atom stereocenters. The number of alkyl halides is 1. The summed E-state index contributed by atoms with van der Waals surface area (Å²) in [5.74, 6) is -2.36. The Kier molecular flexibility index (Phi) is 5.49. The zero-order chi connectivity index (χ0) is 16.1. The number of nitrogens with one attached hydrogen (secondary N) is 1. The van der Waals surface area contributed by atoms with Gasteiger partial charge in [0.1, 0.15) is 6.67 Å². The van der Waals surface area contributed by atoms with E-state index < -0.39 is 36.6 Å². The van der Waals surface area contributed by atoms with Crippen molar-refractivity contribution in [2.24, 2.45) is 5.92 Å². The Morgan fingerprint density at radius 1 is 1.41 bits per heavy atom. The van der Waals surface area contributed by atoms with Crippen molar-refractivity contribution in [3.05, 3.63) is 35.4 Å². The van der Waals surface area contributed by atoms with E-state index in [1.807, 2.05) is 31.2 Å². The fraction of sp³-hybridized carbons (Fsp3) is 0.500. The lowest BCUT2D eigenvalue weighted by molar-refractivity contribution is -0.145. The van der Waals surface area contributed by atoms with Crippen LogP contribution in [0.15, 0.2) is 24.3 Å². The van der Waals surface area contributed by atoms with Crippen molar-refractivity contribution in [3.8, 4) is 0 Å². The van der Waals surface area contributed by atoms with E-state index in [9.17, 15) is 14.0 Å². The lowest BCUT2D eigenvalue weighted by atomic mass is 9.88. The SMILES string of the molecule is Cc1ccc(C2OCCCC2C(=O)NC(CF)C(=O)O)cc1. The van der Waals surface area contributed by atoms with Gasteiger partial charge in [-0.1, -0.05) is 29.8 Å². The molecule has 6 heteroatoms. The second-order valence-corrected chi connectivity index (χ2v) is 5.50. The van der Waals surface area contributed by atoms with Crippen molar-refractivity contribution in [2.45, 2.75) is 31.9 Å². The standard InChI is InChI=1S/C16H20FNO4/c1-10-4-6-11(7-5-10)14-12(3-2-8-22-14)15(19)18-13(9-17)16(20)21/h4-7,12-14H,2-3,8-9H2,1H3,(H,18,19)(H,20,21). The number of amides is 1. The molecule has 1 amide bonds. The third kappa shape index (κ3) is 3.82. The van der Waals surface area contributed by atoms with Crippen molar-refractivity contribution in [2.75, 3.05) is 13.3 Å². The first-order valence-corrected chi connectivity index (χ1v) is 7.30. The van der Waals surface area contributed by atoms with Gasteiger partial charge in [0, 0.05) is 6.61 Å². The predicted octanol–water partition coefficient (Wildman–Crippen LogP) is 2.00. The van der Waals surface area contributed by atoms with Crippen LogP contribution in [-0.4, -0.2) is 36.3 Å². The number of halogens is 1. The number of aryl methyl sites for hydroxylation is 1. The summed E-state index contributed by atoms with van der Waals surface area (Å²) < 4.78 is 18.4. The first-order chi connectivity index (χ1) is 10.5. The molecule has 0 bridgehead atoms. The predicted molar refractivity (Wildman–Crippen MR) is 78.1 cm³/mol. The average molecular weight is 309 g/mol. The number of benzene rings is 1. The quantitative estimate of drug-likeness (QED) is 0.872. The van der Waals surface area contributed by atoms with Crippen LogP contribution in [0.5, 0.6) is 0 Å². The van der Waals surface area contributed by atoms with Gasteiger partial charge >= 0.3 is 5.97 Å². The molecule has 1 aromatic rings. The lowest BCUT2D eigenvalue weighted by Crippen LogP contribution is -2.47. The summed E-state index contributed by atoms with van der Waals surface area (Å²) in [6.45, 7) is 1.38. The molecule has 1 aliphatic heterocycles. The molecule has 0 spiro atoms. The molecule has 0 radical (unpaired) electrons. The molecule has 1 fully saturated rings. The van der Waals surface area contributed by atoms with Crippen LogP contribution >= 0.6 is 0 Å². The largest absolute Gasteiger partial charge is 0.480 e. The van der Waals surface area contributed by atoms with Crippen LogP contribution in [0.1, 0.15) is 30.1 Å². The minimum Gasteiger partial charge on any atom is -0.480 e. The number of carboxylic acids is 1. The molecule has 0 aromatic heterocycles. The molecular formula is C16H20FNO4. The molecule has 1 aromatic carbocycles. The van der Waals surface area contributed by atoms with Crippen molar-refractivity contribution in [1.82, 2.24) is 5.32 Å². The van der Waals surface area contributed by atoms with Gasteiger partial charge < -0.3 is 15.2 Å². The molecule has 22 heavy (non-hydrogen) atoms. The Hall–Kier alpha value is -1.95. The first-order valence-electron chi connectivity index (χ1n) is 7.30. The highest BCUT2D eigenvalue weighted by molar-refractivity contribution is 5.85. The monoisotopic (exact) mass is 309 g/mol.